The highest BCUT2D eigenvalue weighted by atomic mass is 16.7. The predicted octanol–water partition coefficient (Wildman–Crippen LogP) is 4.02. The van der Waals surface area contributed by atoms with Crippen molar-refractivity contribution in [2.24, 2.45) is 5.92 Å². The zero-order chi connectivity index (χ0) is 18.3. The van der Waals surface area contributed by atoms with Crippen LogP contribution in [0.3, 0.4) is 0 Å². The minimum absolute atomic E-state index is 0.0370. The first-order valence-corrected chi connectivity index (χ1v) is 8.35. The molecule has 0 atom stereocenters. The van der Waals surface area contributed by atoms with Crippen molar-refractivity contribution in [1.29, 1.82) is 0 Å². The Kier molecular flexibility index (Phi) is 11.0. The van der Waals surface area contributed by atoms with Crippen molar-refractivity contribution in [3.63, 3.8) is 0 Å². The third kappa shape index (κ3) is 9.88. The molecule has 22 heavy (non-hydrogen) atoms. The first kappa shape index (κ1) is 24.2. The average molecular weight is 316 g/mol. The van der Waals surface area contributed by atoms with Gasteiger partial charge in [0.1, 0.15) is 0 Å². The molecular formula is C16H38B2O4. The van der Waals surface area contributed by atoms with E-state index >= 15 is 0 Å². The lowest BCUT2D eigenvalue weighted by Crippen LogP contribution is -2.41. The van der Waals surface area contributed by atoms with Crippen LogP contribution in [0.15, 0.2) is 0 Å². The highest BCUT2D eigenvalue weighted by Crippen LogP contribution is 2.39. The van der Waals surface area contributed by atoms with Crippen LogP contribution < -0.4 is 0 Å². The molecule has 0 spiro atoms. The van der Waals surface area contributed by atoms with E-state index in [-0.39, 0.29) is 24.1 Å². The molecule has 4 nitrogen and oxygen atoms in total. The molecule has 1 fully saturated rings. The first-order chi connectivity index (χ1) is 9.64. The average Bonchev–Trinajstić information content (AvgIpc) is 2.48. The fourth-order valence-electron chi connectivity index (χ4n) is 1.16. The molecule has 1 heterocycles. The zero-order valence-corrected chi connectivity index (χ0v) is 16.6. The van der Waals surface area contributed by atoms with Gasteiger partial charge in [-0.25, -0.2) is 0 Å². The molecule has 0 aromatic carbocycles. The van der Waals surface area contributed by atoms with E-state index < -0.39 is 7.12 Å². The molecular weight excluding hydrogens is 278 g/mol. The molecule has 0 radical (unpaired) electrons. The van der Waals surface area contributed by atoms with Crippen LogP contribution in [-0.2, 0) is 9.31 Å². The monoisotopic (exact) mass is 316 g/mol. The summed E-state index contributed by atoms with van der Waals surface area (Å²) in [4.78, 5) is 0. The maximum absolute atomic E-state index is 8.19. The molecule has 1 saturated heterocycles. The van der Waals surface area contributed by atoms with Crippen LogP contribution in [0.25, 0.3) is 0 Å². The molecule has 1 aliphatic heterocycles. The van der Waals surface area contributed by atoms with Gasteiger partial charge in [-0.2, -0.15) is 0 Å². The standard InChI is InChI=1S/C9H19BO2.C4H10.C3H9BO2/c1-7(2)10-11-8(3,4)9(5,6)12-10;1-4(2)3;1-3(2)4(5)6/h7H,1-6H3;4H,1-3H3;3,5-6H,1-2H3. The van der Waals surface area contributed by atoms with E-state index in [4.69, 9.17) is 19.4 Å². The van der Waals surface area contributed by atoms with E-state index in [1.54, 1.807) is 13.8 Å². The van der Waals surface area contributed by atoms with Gasteiger partial charge in [0.05, 0.1) is 11.2 Å². The molecule has 1 aliphatic rings. The summed E-state index contributed by atoms with van der Waals surface area (Å²) in [5.74, 6) is 1.22. The van der Waals surface area contributed by atoms with Gasteiger partial charge in [0.2, 0.25) is 0 Å². The Morgan fingerprint density at radius 1 is 0.773 bits per heavy atom. The van der Waals surface area contributed by atoms with Crippen LogP contribution >= 0.6 is 0 Å². The van der Waals surface area contributed by atoms with Gasteiger partial charge in [-0.1, -0.05) is 48.5 Å². The van der Waals surface area contributed by atoms with Gasteiger partial charge in [-0.3, -0.25) is 0 Å². The summed E-state index contributed by atoms with van der Waals surface area (Å²) in [6.07, 6.45) is 0. The van der Waals surface area contributed by atoms with Crippen molar-refractivity contribution in [3.05, 3.63) is 0 Å². The van der Waals surface area contributed by atoms with E-state index in [0.29, 0.717) is 5.82 Å². The van der Waals surface area contributed by atoms with Crippen molar-refractivity contribution in [1.82, 2.24) is 0 Å². The third-order valence-corrected chi connectivity index (χ3v) is 3.41. The van der Waals surface area contributed by atoms with Gasteiger partial charge >= 0.3 is 14.2 Å². The Morgan fingerprint density at radius 2 is 1.00 bits per heavy atom. The largest absolute Gasteiger partial charge is 0.460 e. The Morgan fingerprint density at radius 3 is 1.09 bits per heavy atom. The van der Waals surface area contributed by atoms with Crippen LogP contribution in [0.2, 0.25) is 11.6 Å². The van der Waals surface area contributed by atoms with Crippen molar-refractivity contribution in [3.8, 4) is 0 Å². The first-order valence-electron chi connectivity index (χ1n) is 8.35. The van der Waals surface area contributed by atoms with E-state index in [1.807, 2.05) is 0 Å². The Bertz CT molecular complexity index is 265. The molecule has 6 heteroatoms. The van der Waals surface area contributed by atoms with E-state index in [9.17, 15) is 0 Å². The van der Waals surface area contributed by atoms with Crippen molar-refractivity contribution >= 4 is 14.2 Å². The van der Waals surface area contributed by atoms with Crippen molar-refractivity contribution < 1.29 is 19.4 Å². The molecule has 0 unspecified atom stereocenters. The topological polar surface area (TPSA) is 58.9 Å². The highest BCUT2D eigenvalue weighted by Gasteiger charge is 2.51. The van der Waals surface area contributed by atoms with Crippen molar-refractivity contribution in [2.75, 3.05) is 0 Å². The predicted molar refractivity (Wildman–Crippen MR) is 97.0 cm³/mol. The van der Waals surface area contributed by atoms with Crippen LogP contribution in [0.4, 0.5) is 0 Å². The van der Waals surface area contributed by atoms with Gasteiger partial charge in [0.25, 0.3) is 0 Å². The van der Waals surface area contributed by atoms with Gasteiger partial charge in [0, 0.05) is 0 Å². The normalized spacial score (nSPS) is 18.8. The quantitative estimate of drug-likeness (QED) is 0.756. The molecule has 1 rings (SSSR count). The van der Waals surface area contributed by atoms with E-state index in [1.165, 1.54) is 0 Å². The summed E-state index contributed by atoms with van der Waals surface area (Å²) >= 11 is 0. The number of hydrogen-bond donors (Lipinski definition) is 2. The SMILES string of the molecule is CC(C)B(O)O.CC(C)B1OC(C)(C)C(C)(C)O1.CC(C)C. The van der Waals surface area contributed by atoms with Gasteiger partial charge in [-0.15, -0.1) is 0 Å². The fraction of sp³-hybridized carbons (Fsp3) is 1.00. The van der Waals surface area contributed by atoms with Crippen molar-refractivity contribution in [2.45, 2.75) is 99.0 Å². The minimum Gasteiger partial charge on any atom is -0.427 e. The molecule has 0 aromatic heterocycles. The lowest BCUT2D eigenvalue weighted by atomic mass is 9.75. The van der Waals surface area contributed by atoms with Crippen LogP contribution in [-0.4, -0.2) is 35.5 Å². The summed E-state index contributed by atoms with van der Waals surface area (Å²) in [5.41, 5.74) is -0.357. The molecule has 0 aliphatic carbocycles. The summed E-state index contributed by atoms with van der Waals surface area (Å²) in [5, 5.41) is 16.4. The Labute approximate surface area is 139 Å². The van der Waals surface area contributed by atoms with Gasteiger partial charge < -0.3 is 19.4 Å². The molecule has 0 bridgehead atoms. The summed E-state index contributed by atoms with van der Waals surface area (Å²) in [6, 6.07) is 0. The molecule has 2 N–H and O–H groups in total. The molecule has 0 aromatic rings. The van der Waals surface area contributed by atoms with Crippen LogP contribution in [0.1, 0.15) is 76.2 Å². The summed E-state index contributed by atoms with van der Waals surface area (Å²) in [7, 11) is -1.19. The molecule has 0 amide bonds. The Hall–Kier alpha value is -0.0301. The fourth-order valence-corrected chi connectivity index (χ4v) is 1.16. The molecule has 0 saturated carbocycles. The van der Waals surface area contributed by atoms with E-state index in [0.717, 1.165) is 5.92 Å². The second-order valence-corrected chi connectivity index (χ2v) is 8.26. The number of rotatable bonds is 2. The smallest absolute Gasteiger partial charge is 0.427 e. The maximum Gasteiger partial charge on any atom is 0.460 e. The maximum atomic E-state index is 8.19. The van der Waals surface area contributed by atoms with Crippen LogP contribution in [0.5, 0.6) is 0 Å². The lowest BCUT2D eigenvalue weighted by molar-refractivity contribution is 0.00578. The lowest BCUT2D eigenvalue weighted by Gasteiger charge is -2.32. The van der Waals surface area contributed by atoms with E-state index in [2.05, 4.69) is 62.3 Å². The second kappa shape index (κ2) is 9.96. The van der Waals surface area contributed by atoms with Gasteiger partial charge in [-0.05, 0) is 45.2 Å². The summed E-state index contributed by atoms with van der Waals surface area (Å²) in [6.45, 7) is 22.5. The minimum atomic E-state index is -1.15. The van der Waals surface area contributed by atoms with Gasteiger partial charge in [0.15, 0.2) is 0 Å². The second-order valence-electron chi connectivity index (χ2n) is 8.26. The Balaban J connectivity index is 0. The third-order valence-electron chi connectivity index (χ3n) is 3.41. The summed E-state index contributed by atoms with van der Waals surface area (Å²) < 4.78 is 11.6. The van der Waals surface area contributed by atoms with Crippen LogP contribution in [0, 0.1) is 5.92 Å². The zero-order valence-electron chi connectivity index (χ0n) is 16.6. The number of hydrogen-bond acceptors (Lipinski definition) is 4. The highest BCUT2D eigenvalue weighted by molar-refractivity contribution is 6.47. The molecule has 132 valence electrons.